The van der Waals surface area contributed by atoms with Crippen LogP contribution in [-0.4, -0.2) is 159 Å². The molecule has 1 fully saturated rings. The minimum absolute atomic E-state index is 0. The summed E-state index contributed by atoms with van der Waals surface area (Å²) in [6, 6.07) is 22.7. The summed E-state index contributed by atoms with van der Waals surface area (Å²) >= 11 is 0. The summed E-state index contributed by atoms with van der Waals surface area (Å²) in [4.78, 5) is 6.50. The van der Waals surface area contributed by atoms with Crippen molar-refractivity contribution in [2.75, 3.05) is 123 Å². The van der Waals surface area contributed by atoms with Crippen LogP contribution in [0.5, 0.6) is 0 Å². The number of rotatable bonds is 24. The molecule has 6 aliphatic rings. The molecule has 0 bridgehead atoms. The van der Waals surface area contributed by atoms with Gasteiger partial charge in [-0.3, -0.25) is 0 Å². The molecule has 0 aromatic heterocycles. The molecule has 0 spiro atoms. The zero-order valence-corrected chi connectivity index (χ0v) is 65.9. The van der Waals surface area contributed by atoms with E-state index >= 15 is 0 Å². The molecule has 4 aliphatic heterocycles. The Morgan fingerprint density at radius 3 is 1.41 bits per heavy atom. The van der Waals surface area contributed by atoms with Crippen LogP contribution >= 0.6 is 0 Å². The van der Waals surface area contributed by atoms with Crippen LogP contribution in [-0.2, 0) is 65.6 Å². The molecule has 1 saturated carbocycles. The third kappa shape index (κ3) is 16.8. The van der Waals surface area contributed by atoms with Gasteiger partial charge >= 0.3 is 29.6 Å². The van der Waals surface area contributed by atoms with Crippen LogP contribution in [0, 0.1) is 13.8 Å². The van der Waals surface area contributed by atoms with Crippen molar-refractivity contribution in [1.29, 1.82) is 0 Å². The molecular weight excluding hydrogens is 1310 g/mol. The van der Waals surface area contributed by atoms with Gasteiger partial charge in [-0.25, -0.2) is 21.4 Å². The van der Waals surface area contributed by atoms with Crippen LogP contribution in [0.4, 0.5) is 22.7 Å². The Bertz CT molecular complexity index is 4280. The van der Waals surface area contributed by atoms with Crippen LogP contribution < -0.4 is 44.3 Å². The van der Waals surface area contributed by atoms with Gasteiger partial charge in [0, 0.05) is 127 Å². The van der Waals surface area contributed by atoms with Crippen molar-refractivity contribution in [3.63, 3.8) is 0 Å². The molecule has 0 unspecified atom stereocenters. The maximum Gasteiger partial charge on any atom is 1.00 e. The third-order valence-electron chi connectivity index (χ3n) is 20.5. The second-order valence-electron chi connectivity index (χ2n) is 28.7. The van der Waals surface area contributed by atoms with E-state index in [1.165, 1.54) is 86.0 Å². The van der Waals surface area contributed by atoms with Crippen molar-refractivity contribution in [2.45, 2.75) is 153 Å². The number of allylic oxidation sites excluding steroid dienone is 15. The molecule has 4 heterocycles. The van der Waals surface area contributed by atoms with Crippen molar-refractivity contribution in [1.82, 2.24) is 0 Å². The fourth-order valence-corrected chi connectivity index (χ4v) is 16.2. The predicted molar refractivity (Wildman–Crippen MR) is 394 cm³/mol. The Kier molecular flexibility index (Phi) is 26.4. The van der Waals surface area contributed by atoms with Gasteiger partial charge in [0.05, 0.1) is 41.6 Å². The Balaban J connectivity index is 0.000000252. The number of anilines is 3. The normalized spacial score (nSPS) is 21.2. The van der Waals surface area contributed by atoms with E-state index in [0.29, 0.717) is 52.7 Å². The van der Waals surface area contributed by atoms with E-state index in [0.717, 1.165) is 109 Å². The molecule has 100 heavy (non-hydrogen) atoms. The van der Waals surface area contributed by atoms with Crippen LogP contribution in [0.1, 0.15) is 141 Å². The molecule has 1 N–H and O–H groups in total. The molecule has 0 saturated heterocycles. The molecular formula is C80H105N5NaO12S2+. The van der Waals surface area contributed by atoms with Crippen LogP contribution in [0.3, 0.4) is 0 Å². The molecule has 4 aromatic carbocycles. The van der Waals surface area contributed by atoms with Crippen molar-refractivity contribution in [3.8, 4) is 0 Å². The van der Waals surface area contributed by atoms with Gasteiger partial charge in [0.2, 0.25) is 11.4 Å². The number of fused-ring (bicyclic) bond motifs is 4. The first-order chi connectivity index (χ1) is 46.9. The van der Waals surface area contributed by atoms with Gasteiger partial charge in [-0.05, 0) is 167 Å². The van der Waals surface area contributed by atoms with E-state index in [1.807, 2.05) is 7.05 Å². The summed E-state index contributed by atoms with van der Waals surface area (Å²) in [6.07, 6.45) is 24.2. The summed E-state index contributed by atoms with van der Waals surface area (Å²) in [7, 11) is -0.343. The van der Waals surface area contributed by atoms with Crippen molar-refractivity contribution < 1.29 is 93.4 Å². The van der Waals surface area contributed by atoms with E-state index < -0.39 is 31.1 Å². The van der Waals surface area contributed by atoms with E-state index in [4.69, 9.17) is 23.7 Å². The molecule has 4 aromatic rings. The summed E-state index contributed by atoms with van der Waals surface area (Å²) in [5.74, 6) is 0.936. The zero-order chi connectivity index (χ0) is 72.0. The maximum atomic E-state index is 11.9. The number of aryl methyl sites for hydroxylation is 2. The largest absolute Gasteiger partial charge is 1.00 e. The number of benzene rings is 4. The topological polar surface area (TPSA) is 197 Å². The van der Waals surface area contributed by atoms with E-state index in [-0.39, 0.29) is 56.8 Å². The maximum absolute atomic E-state index is 11.9. The van der Waals surface area contributed by atoms with Crippen molar-refractivity contribution in [3.05, 3.63) is 200 Å². The van der Waals surface area contributed by atoms with Gasteiger partial charge in [-0.1, -0.05) is 102 Å². The van der Waals surface area contributed by atoms with Gasteiger partial charge in [0.25, 0.3) is 0 Å². The molecule has 0 radical (unpaired) electrons. The van der Waals surface area contributed by atoms with Crippen molar-refractivity contribution >= 4 is 54.4 Å². The average molecular weight is 1420 g/mol. The van der Waals surface area contributed by atoms with Gasteiger partial charge in [0.1, 0.15) is 46.3 Å². The van der Waals surface area contributed by atoms with Gasteiger partial charge in [-0.15, -0.1) is 0 Å². The number of hydrogen-bond acceptors (Lipinski definition) is 15. The number of ether oxygens (including phenoxy) is 5. The summed E-state index contributed by atoms with van der Waals surface area (Å²) in [6.45, 7) is 29.9. The Morgan fingerprint density at radius 1 is 0.540 bits per heavy atom. The number of aliphatic hydroxyl groups excluding tert-OH is 1. The third-order valence-corrected chi connectivity index (χ3v) is 22.2. The fourth-order valence-electron chi connectivity index (χ4n) is 15.2. The fraction of sp³-hybridized carbons (Fsp3) is 0.475. The van der Waals surface area contributed by atoms with Crippen LogP contribution in [0.2, 0.25) is 0 Å². The number of nitrogens with zero attached hydrogens (tertiary/aromatic N) is 5. The SMILES string of the molecule is CCCOC1=C(C=CC2=[N+](CCOC)c3ccc(S(=O)(=O)[O-])cc3C2(C)C)CCCC1=CC=C1N(CCOC)c2ccc(C)cc2C1(C)C.COCCN1C(=CC=C2CCC/C(=C\C=C3\N(CCOC)c4ccc(S(=O)(=O)[O-])cc4C3(C)C)C2=[N+](C)CCO)C(C)(C)c2cc(C)ccc21.[Na+]. The summed E-state index contributed by atoms with van der Waals surface area (Å²) in [5.41, 5.74) is 19.8. The number of hydrogen-bond donors (Lipinski definition) is 1. The molecule has 17 nitrogen and oxygen atoms in total. The van der Waals surface area contributed by atoms with Crippen LogP contribution in [0.25, 0.3) is 0 Å². The Labute approximate surface area is 618 Å². The van der Waals surface area contributed by atoms with E-state index in [2.05, 4.69) is 185 Å². The van der Waals surface area contributed by atoms with Crippen molar-refractivity contribution in [2.24, 2.45) is 0 Å². The molecule has 0 amide bonds. The smallest absolute Gasteiger partial charge is 0.744 e. The first-order valence-electron chi connectivity index (χ1n) is 34.8. The van der Waals surface area contributed by atoms with Gasteiger partial charge in [0.15, 0.2) is 18.8 Å². The number of likely N-dealkylation sites (N-methyl/N-ethyl adjacent to an activating group) is 1. The minimum atomic E-state index is -4.60. The monoisotopic (exact) mass is 1410 g/mol. The Hall–Kier alpha value is -6.04. The molecule has 10 rings (SSSR count). The molecule has 20 heteroatoms. The predicted octanol–water partition coefficient (Wildman–Crippen LogP) is 10.6. The van der Waals surface area contributed by atoms with E-state index in [1.54, 1.807) is 40.6 Å². The first-order valence-corrected chi connectivity index (χ1v) is 37.6. The zero-order valence-electron chi connectivity index (χ0n) is 62.3. The standard InChI is InChI=1S/C40H53N3O6S.C40H52N2O6S.Na/c1-28-12-16-34-32(26-28)39(2,3)36(42(34)21-24-48-7)18-13-29-10-9-11-30(38(29)41(6)20-23-44)14-19-37-40(4,5)33-27-31(50(45,46)47)15-17-35(33)43(37)22-25-49-8;1-9-23-48-38-29(14-19-36-39(3,4)32-26-28(2)13-17-34(32)41(36)21-24-46-7)11-10-12-30(38)15-20-37-40(5,6)33-27-31(49(43,44)45)16-18-35(33)42(37)22-25-47-8;/h12-19,26-27,44H,9-11,20-25H2,1-8H3;13-20,26-27H,9-12,21-25H2,1-8H3;/q;;+1. The number of methoxy groups -OCH3 is 4. The molecule has 534 valence electrons. The van der Waals surface area contributed by atoms with Gasteiger partial charge in [-0.2, -0.15) is 4.58 Å². The van der Waals surface area contributed by atoms with Gasteiger partial charge < -0.3 is 52.6 Å². The summed E-state index contributed by atoms with van der Waals surface area (Å²) < 4.78 is 104. The molecule has 0 atom stereocenters. The van der Waals surface area contributed by atoms with E-state index in [9.17, 15) is 31.0 Å². The van der Waals surface area contributed by atoms with Crippen LogP contribution in [0.15, 0.2) is 176 Å². The minimum Gasteiger partial charge on any atom is -0.744 e. The average Bonchev–Trinajstić information content (AvgIpc) is 1.61. The summed E-state index contributed by atoms with van der Waals surface area (Å²) in [5, 5.41) is 10.00. The first kappa shape index (κ1) is 79.7. The second-order valence-corrected chi connectivity index (χ2v) is 31.5. The number of aliphatic hydroxyl groups is 1. The Morgan fingerprint density at radius 2 is 0.960 bits per heavy atom. The second kappa shape index (κ2) is 33.2. The quantitative estimate of drug-likeness (QED) is 0.0395. The molecule has 2 aliphatic carbocycles.